The number of hydrogen-bond acceptors (Lipinski definition) is 3. The normalized spacial score (nSPS) is 9.74. The van der Waals surface area contributed by atoms with Crippen LogP contribution >= 0.6 is 0 Å². The van der Waals surface area contributed by atoms with E-state index in [1.54, 1.807) is 7.05 Å². The Bertz CT molecular complexity index is 400. The number of likely N-dealkylation sites (N-methyl/N-ethyl adjacent to an activating group) is 1. The van der Waals surface area contributed by atoms with Crippen LogP contribution in [-0.2, 0) is 16.0 Å². The molecule has 0 radical (unpaired) electrons. The lowest BCUT2D eigenvalue weighted by molar-refractivity contribution is -0.138. The molecule has 1 aromatic carbocycles. The third-order valence-corrected chi connectivity index (χ3v) is 2.54. The van der Waals surface area contributed by atoms with Crippen LogP contribution in [0, 0.1) is 6.92 Å². The molecule has 1 aromatic rings. The Kier molecular flexibility index (Phi) is 8.46. The summed E-state index contributed by atoms with van der Waals surface area (Å²) in [6.45, 7) is 5.88. The number of carbonyl (C=O) groups excluding carboxylic acids is 1. The van der Waals surface area contributed by atoms with Gasteiger partial charge in [0.05, 0.1) is 13.1 Å². The second-order valence-electron chi connectivity index (χ2n) is 4.55. The van der Waals surface area contributed by atoms with Gasteiger partial charge in [0.2, 0.25) is 0 Å². The topological polar surface area (TPSA) is 57.6 Å². The van der Waals surface area contributed by atoms with Crippen molar-refractivity contribution in [3.05, 3.63) is 35.4 Å². The molecule has 0 aliphatic rings. The predicted molar refractivity (Wildman–Crippen MR) is 76.4 cm³/mol. The van der Waals surface area contributed by atoms with Crippen LogP contribution in [0.1, 0.15) is 25.0 Å². The van der Waals surface area contributed by atoms with E-state index in [0.29, 0.717) is 0 Å². The van der Waals surface area contributed by atoms with E-state index in [2.05, 4.69) is 38.1 Å². The molecule has 4 nitrogen and oxygen atoms in total. The van der Waals surface area contributed by atoms with Crippen LogP contribution < -0.4 is 0 Å². The van der Waals surface area contributed by atoms with E-state index in [1.165, 1.54) is 23.0 Å². The van der Waals surface area contributed by atoms with Gasteiger partial charge in [0.1, 0.15) is 5.78 Å². The number of carboxylic acid groups (broad SMARTS) is 1. The summed E-state index contributed by atoms with van der Waals surface area (Å²) in [7, 11) is 1.59. The molecule has 0 bridgehead atoms. The highest BCUT2D eigenvalue weighted by Gasteiger charge is 2.04. The largest absolute Gasteiger partial charge is 0.480 e. The molecule has 0 amide bonds. The van der Waals surface area contributed by atoms with Gasteiger partial charge in [0.25, 0.3) is 0 Å². The summed E-state index contributed by atoms with van der Waals surface area (Å²) in [5.41, 5.74) is 2.86. The van der Waals surface area contributed by atoms with Crippen molar-refractivity contribution < 1.29 is 14.7 Å². The molecule has 0 aliphatic carbocycles. The monoisotopic (exact) mass is 265 g/mol. The number of carbonyl (C=O) groups is 2. The summed E-state index contributed by atoms with van der Waals surface area (Å²) in [6.07, 6.45) is 1.15. The molecule has 1 N–H and O–H groups in total. The van der Waals surface area contributed by atoms with Gasteiger partial charge in [-0.1, -0.05) is 31.2 Å². The zero-order valence-corrected chi connectivity index (χ0v) is 12.1. The lowest BCUT2D eigenvalue weighted by Gasteiger charge is -2.09. The summed E-state index contributed by atoms with van der Waals surface area (Å²) in [4.78, 5) is 21.9. The number of hydrogen-bond donors (Lipinski definition) is 1. The standard InChI is InChI=1S/C9H12.C6H11NO3/c1-3-9-7-5-4-6-8(9)2;1-5(8)3-7(2)4-6(9)10/h4-7H,3H2,1-2H3;3-4H2,1-2H3,(H,9,10). The molecular formula is C15H23NO3. The fourth-order valence-electron chi connectivity index (χ4n) is 1.67. The van der Waals surface area contributed by atoms with Crippen LogP contribution in [0.25, 0.3) is 0 Å². The molecule has 19 heavy (non-hydrogen) atoms. The van der Waals surface area contributed by atoms with E-state index >= 15 is 0 Å². The Hall–Kier alpha value is -1.68. The summed E-state index contributed by atoms with van der Waals surface area (Å²) >= 11 is 0. The maximum absolute atomic E-state index is 10.4. The van der Waals surface area contributed by atoms with Crippen molar-refractivity contribution in [2.24, 2.45) is 0 Å². The average molecular weight is 265 g/mol. The Morgan fingerprint density at radius 3 is 2.16 bits per heavy atom. The van der Waals surface area contributed by atoms with Gasteiger partial charge in [-0.3, -0.25) is 14.5 Å². The SMILES string of the molecule is CC(=O)CN(C)CC(=O)O.CCc1ccccc1C. The lowest BCUT2D eigenvalue weighted by Crippen LogP contribution is -2.29. The van der Waals surface area contributed by atoms with Crippen LogP contribution in [0.2, 0.25) is 0 Å². The van der Waals surface area contributed by atoms with Gasteiger partial charge in [0.15, 0.2) is 0 Å². The van der Waals surface area contributed by atoms with Crippen molar-refractivity contribution in [1.29, 1.82) is 0 Å². The van der Waals surface area contributed by atoms with Crippen LogP contribution in [0.15, 0.2) is 24.3 Å². The van der Waals surface area contributed by atoms with E-state index in [4.69, 9.17) is 5.11 Å². The highest BCUT2D eigenvalue weighted by atomic mass is 16.4. The minimum absolute atomic E-state index is 0.0243. The molecule has 0 aromatic heterocycles. The first kappa shape index (κ1) is 17.3. The van der Waals surface area contributed by atoms with Gasteiger partial charge in [-0.2, -0.15) is 0 Å². The van der Waals surface area contributed by atoms with Crippen molar-refractivity contribution in [1.82, 2.24) is 4.90 Å². The zero-order valence-electron chi connectivity index (χ0n) is 12.1. The Morgan fingerprint density at radius 2 is 1.79 bits per heavy atom. The Morgan fingerprint density at radius 1 is 1.21 bits per heavy atom. The molecule has 0 atom stereocenters. The minimum Gasteiger partial charge on any atom is -0.480 e. The number of aryl methyl sites for hydroxylation is 2. The highest BCUT2D eigenvalue weighted by Crippen LogP contribution is 2.06. The first-order chi connectivity index (χ1) is 8.86. The van der Waals surface area contributed by atoms with Crippen molar-refractivity contribution in [2.75, 3.05) is 20.1 Å². The number of aliphatic carboxylic acids is 1. The number of Topliss-reactive ketones (excluding diaryl/α,β-unsaturated/α-hetero) is 1. The second-order valence-corrected chi connectivity index (χ2v) is 4.55. The van der Waals surface area contributed by atoms with Gasteiger partial charge in [0, 0.05) is 0 Å². The quantitative estimate of drug-likeness (QED) is 0.886. The molecule has 0 heterocycles. The number of carboxylic acids is 1. The first-order valence-electron chi connectivity index (χ1n) is 6.31. The maximum Gasteiger partial charge on any atom is 0.317 e. The number of ketones is 1. The number of rotatable bonds is 5. The lowest BCUT2D eigenvalue weighted by atomic mass is 10.1. The van der Waals surface area contributed by atoms with Crippen LogP contribution in [0.5, 0.6) is 0 Å². The molecule has 0 saturated heterocycles. The number of benzene rings is 1. The van der Waals surface area contributed by atoms with E-state index in [9.17, 15) is 9.59 Å². The fraction of sp³-hybridized carbons (Fsp3) is 0.467. The molecule has 1 rings (SSSR count). The molecule has 0 unspecified atom stereocenters. The fourth-order valence-corrected chi connectivity index (χ4v) is 1.67. The summed E-state index contributed by atoms with van der Waals surface area (Å²) < 4.78 is 0. The third-order valence-electron chi connectivity index (χ3n) is 2.54. The van der Waals surface area contributed by atoms with Gasteiger partial charge < -0.3 is 5.11 Å². The average Bonchev–Trinajstić information content (AvgIpc) is 2.28. The van der Waals surface area contributed by atoms with Crippen molar-refractivity contribution in [2.45, 2.75) is 27.2 Å². The maximum atomic E-state index is 10.4. The predicted octanol–water partition coefficient (Wildman–Crippen LogP) is 2.15. The van der Waals surface area contributed by atoms with Gasteiger partial charge in [-0.05, 0) is 38.4 Å². The van der Waals surface area contributed by atoms with E-state index in [-0.39, 0.29) is 18.9 Å². The second kappa shape index (κ2) is 9.28. The molecule has 4 heteroatoms. The van der Waals surface area contributed by atoms with Gasteiger partial charge in [-0.25, -0.2) is 0 Å². The first-order valence-corrected chi connectivity index (χ1v) is 6.31. The molecule has 0 spiro atoms. The van der Waals surface area contributed by atoms with Crippen molar-refractivity contribution in [3.63, 3.8) is 0 Å². The Balaban J connectivity index is 0.000000342. The highest BCUT2D eigenvalue weighted by molar-refractivity contribution is 5.78. The van der Waals surface area contributed by atoms with Crippen LogP contribution in [0.4, 0.5) is 0 Å². The van der Waals surface area contributed by atoms with Crippen LogP contribution in [0.3, 0.4) is 0 Å². The van der Waals surface area contributed by atoms with Crippen molar-refractivity contribution >= 4 is 11.8 Å². The van der Waals surface area contributed by atoms with E-state index in [1.807, 2.05) is 0 Å². The molecule has 0 fully saturated rings. The minimum atomic E-state index is -0.913. The summed E-state index contributed by atoms with van der Waals surface area (Å²) in [5.74, 6) is -0.937. The van der Waals surface area contributed by atoms with E-state index < -0.39 is 5.97 Å². The molecule has 0 aliphatic heterocycles. The van der Waals surface area contributed by atoms with Gasteiger partial charge >= 0.3 is 5.97 Å². The summed E-state index contributed by atoms with van der Waals surface area (Å²) in [5, 5.41) is 8.24. The zero-order chi connectivity index (χ0) is 14.8. The summed E-state index contributed by atoms with van der Waals surface area (Å²) in [6, 6.07) is 8.49. The number of nitrogens with zero attached hydrogens (tertiary/aromatic N) is 1. The molecular weight excluding hydrogens is 242 g/mol. The smallest absolute Gasteiger partial charge is 0.317 e. The molecule has 106 valence electrons. The third kappa shape index (κ3) is 8.97. The van der Waals surface area contributed by atoms with Gasteiger partial charge in [-0.15, -0.1) is 0 Å². The van der Waals surface area contributed by atoms with Crippen LogP contribution in [-0.4, -0.2) is 41.9 Å². The Labute approximate surface area is 115 Å². The molecule has 0 saturated carbocycles. The van der Waals surface area contributed by atoms with Crippen molar-refractivity contribution in [3.8, 4) is 0 Å². The van der Waals surface area contributed by atoms with E-state index in [0.717, 1.165) is 6.42 Å².